The number of amides is 2. The average molecular weight is 298 g/mol. The maximum Gasteiger partial charge on any atom is 0.305 e. The molecule has 1 N–H and O–H groups in total. The Hall–Kier alpha value is -1.59. The summed E-state index contributed by atoms with van der Waals surface area (Å²) in [6.07, 6.45) is 1.34. The van der Waals surface area contributed by atoms with Crippen LogP contribution in [0.15, 0.2) is 0 Å². The van der Waals surface area contributed by atoms with Crippen molar-refractivity contribution in [2.75, 3.05) is 20.2 Å². The number of rotatable bonds is 6. The quantitative estimate of drug-likeness (QED) is 0.745. The Balaban J connectivity index is 2.31. The Morgan fingerprint density at radius 1 is 1.33 bits per heavy atom. The van der Waals surface area contributed by atoms with Crippen molar-refractivity contribution >= 4 is 17.8 Å². The SMILES string of the molecule is COC(=O)CCCC(=O)N[C@@H]1CC(=O)N(CC(C)(C)C)C1. The van der Waals surface area contributed by atoms with E-state index in [4.69, 9.17) is 0 Å². The summed E-state index contributed by atoms with van der Waals surface area (Å²) < 4.78 is 4.52. The molecule has 0 aromatic carbocycles. The number of nitrogens with one attached hydrogen (secondary N) is 1. The van der Waals surface area contributed by atoms with Gasteiger partial charge in [-0.1, -0.05) is 20.8 Å². The first-order valence-corrected chi connectivity index (χ1v) is 7.35. The molecule has 1 aliphatic rings. The molecule has 1 atom stereocenters. The molecule has 0 unspecified atom stereocenters. The molecule has 0 bridgehead atoms. The number of hydrogen-bond donors (Lipinski definition) is 1. The van der Waals surface area contributed by atoms with Crippen LogP contribution in [-0.4, -0.2) is 48.9 Å². The molecule has 6 heteroatoms. The van der Waals surface area contributed by atoms with Crippen LogP contribution in [0.3, 0.4) is 0 Å². The average Bonchev–Trinajstić information content (AvgIpc) is 2.66. The van der Waals surface area contributed by atoms with Crippen LogP contribution in [0.5, 0.6) is 0 Å². The van der Waals surface area contributed by atoms with Crippen LogP contribution in [-0.2, 0) is 19.1 Å². The van der Waals surface area contributed by atoms with E-state index in [0.29, 0.717) is 25.9 Å². The fourth-order valence-corrected chi connectivity index (χ4v) is 2.39. The van der Waals surface area contributed by atoms with E-state index in [1.165, 1.54) is 7.11 Å². The van der Waals surface area contributed by atoms with Gasteiger partial charge in [-0.2, -0.15) is 0 Å². The molecule has 0 radical (unpaired) electrons. The monoisotopic (exact) mass is 298 g/mol. The zero-order chi connectivity index (χ0) is 16.0. The van der Waals surface area contributed by atoms with Gasteiger partial charge in [0.05, 0.1) is 13.2 Å². The van der Waals surface area contributed by atoms with Gasteiger partial charge in [0, 0.05) is 32.4 Å². The van der Waals surface area contributed by atoms with Crippen LogP contribution in [0, 0.1) is 5.41 Å². The Labute approximate surface area is 126 Å². The second-order valence-corrected chi connectivity index (χ2v) is 6.73. The fraction of sp³-hybridized carbons (Fsp3) is 0.800. The van der Waals surface area contributed by atoms with Crippen LogP contribution in [0.25, 0.3) is 0 Å². The molecular formula is C15H26N2O4. The van der Waals surface area contributed by atoms with Gasteiger partial charge in [-0.25, -0.2) is 0 Å². The van der Waals surface area contributed by atoms with Gasteiger partial charge >= 0.3 is 5.97 Å². The first-order valence-electron chi connectivity index (χ1n) is 7.35. The first-order chi connectivity index (χ1) is 9.71. The number of nitrogens with zero attached hydrogens (tertiary/aromatic N) is 1. The smallest absolute Gasteiger partial charge is 0.305 e. The third-order valence-corrected chi connectivity index (χ3v) is 3.26. The van der Waals surface area contributed by atoms with Crippen LogP contribution >= 0.6 is 0 Å². The molecule has 0 spiro atoms. The predicted molar refractivity (Wildman–Crippen MR) is 78.4 cm³/mol. The largest absolute Gasteiger partial charge is 0.469 e. The molecule has 0 aliphatic carbocycles. The Morgan fingerprint density at radius 2 is 2.00 bits per heavy atom. The Bertz CT molecular complexity index is 401. The van der Waals surface area contributed by atoms with Crippen LogP contribution in [0.2, 0.25) is 0 Å². The maximum absolute atomic E-state index is 11.9. The molecule has 6 nitrogen and oxygen atoms in total. The molecule has 1 rings (SSSR count). The lowest BCUT2D eigenvalue weighted by Crippen LogP contribution is -2.39. The highest BCUT2D eigenvalue weighted by molar-refractivity contribution is 5.82. The molecule has 2 amide bonds. The van der Waals surface area contributed by atoms with Crippen LogP contribution < -0.4 is 5.32 Å². The van der Waals surface area contributed by atoms with Gasteiger partial charge in [0.1, 0.15) is 0 Å². The van der Waals surface area contributed by atoms with Gasteiger partial charge in [0.25, 0.3) is 0 Å². The number of carbonyl (C=O) groups excluding carboxylic acids is 3. The summed E-state index contributed by atoms with van der Waals surface area (Å²) in [5.74, 6) is -0.339. The Kier molecular flexibility index (Phi) is 6.18. The van der Waals surface area contributed by atoms with Crippen molar-refractivity contribution in [1.82, 2.24) is 10.2 Å². The lowest BCUT2D eigenvalue weighted by molar-refractivity contribution is -0.140. The second-order valence-electron chi connectivity index (χ2n) is 6.73. The van der Waals surface area contributed by atoms with E-state index in [9.17, 15) is 14.4 Å². The van der Waals surface area contributed by atoms with Crippen molar-refractivity contribution in [3.05, 3.63) is 0 Å². The summed E-state index contributed by atoms with van der Waals surface area (Å²) in [5.41, 5.74) is 0.0507. The molecule has 21 heavy (non-hydrogen) atoms. The number of methoxy groups -OCH3 is 1. The number of esters is 1. The van der Waals surface area contributed by atoms with E-state index in [-0.39, 0.29) is 42.1 Å². The first kappa shape index (κ1) is 17.5. The zero-order valence-electron chi connectivity index (χ0n) is 13.4. The highest BCUT2D eigenvalue weighted by Gasteiger charge is 2.32. The highest BCUT2D eigenvalue weighted by atomic mass is 16.5. The number of likely N-dealkylation sites (tertiary alicyclic amines) is 1. The molecule has 0 aromatic rings. The highest BCUT2D eigenvalue weighted by Crippen LogP contribution is 2.20. The molecule has 1 fully saturated rings. The third-order valence-electron chi connectivity index (χ3n) is 3.26. The van der Waals surface area contributed by atoms with E-state index in [0.717, 1.165) is 0 Å². The normalized spacial score (nSPS) is 18.8. The Morgan fingerprint density at radius 3 is 2.57 bits per heavy atom. The fourth-order valence-electron chi connectivity index (χ4n) is 2.39. The van der Waals surface area contributed by atoms with Crippen molar-refractivity contribution < 1.29 is 19.1 Å². The number of ether oxygens (including phenoxy) is 1. The zero-order valence-corrected chi connectivity index (χ0v) is 13.4. The molecule has 1 aliphatic heterocycles. The minimum atomic E-state index is -0.310. The molecule has 0 saturated carbocycles. The van der Waals surface area contributed by atoms with E-state index >= 15 is 0 Å². The van der Waals surface area contributed by atoms with E-state index in [1.54, 1.807) is 4.90 Å². The van der Waals surface area contributed by atoms with Gasteiger partial charge in [0.2, 0.25) is 11.8 Å². The summed E-state index contributed by atoms with van der Waals surface area (Å²) in [6, 6.07) is -0.120. The van der Waals surface area contributed by atoms with Crippen molar-refractivity contribution in [3.8, 4) is 0 Å². The molecule has 120 valence electrons. The van der Waals surface area contributed by atoms with E-state index in [2.05, 4.69) is 30.8 Å². The molecule has 0 aromatic heterocycles. The van der Waals surface area contributed by atoms with Crippen LogP contribution in [0.1, 0.15) is 46.5 Å². The summed E-state index contributed by atoms with van der Waals surface area (Å²) in [6.45, 7) is 7.51. The van der Waals surface area contributed by atoms with Gasteiger partial charge < -0.3 is 15.0 Å². The van der Waals surface area contributed by atoms with E-state index in [1.807, 2.05) is 0 Å². The molecular weight excluding hydrogens is 272 g/mol. The van der Waals surface area contributed by atoms with Crippen molar-refractivity contribution in [1.29, 1.82) is 0 Å². The summed E-state index contributed by atoms with van der Waals surface area (Å²) in [7, 11) is 1.33. The molecule has 1 saturated heterocycles. The standard InChI is InChI=1S/C15H26N2O4/c1-15(2,3)10-17-9-11(8-13(17)19)16-12(18)6-5-7-14(20)21-4/h11H,5-10H2,1-4H3,(H,16,18)/t11-/m1/s1. The minimum absolute atomic E-state index is 0.0507. The summed E-state index contributed by atoms with van der Waals surface area (Å²) in [4.78, 5) is 36.4. The van der Waals surface area contributed by atoms with Gasteiger partial charge in [-0.3, -0.25) is 14.4 Å². The molecule has 1 heterocycles. The van der Waals surface area contributed by atoms with Crippen molar-refractivity contribution in [2.24, 2.45) is 5.41 Å². The van der Waals surface area contributed by atoms with Gasteiger partial charge in [-0.15, -0.1) is 0 Å². The van der Waals surface area contributed by atoms with Crippen molar-refractivity contribution in [2.45, 2.75) is 52.5 Å². The van der Waals surface area contributed by atoms with Gasteiger partial charge in [0.15, 0.2) is 0 Å². The summed E-state index contributed by atoms with van der Waals surface area (Å²) in [5, 5.41) is 2.86. The summed E-state index contributed by atoms with van der Waals surface area (Å²) >= 11 is 0. The lowest BCUT2D eigenvalue weighted by Gasteiger charge is -2.26. The number of carbonyl (C=O) groups is 3. The van der Waals surface area contributed by atoms with Crippen LogP contribution in [0.4, 0.5) is 0 Å². The van der Waals surface area contributed by atoms with E-state index < -0.39 is 0 Å². The lowest BCUT2D eigenvalue weighted by atomic mass is 9.96. The topological polar surface area (TPSA) is 75.7 Å². The second kappa shape index (κ2) is 7.43. The maximum atomic E-state index is 11.9. The number of hydrogen-bond acceptors (Lipinski definition) is 4. The van der Waals surface area contributed by atoms with Crippen molar-refractivity contribution in [3.63, 3.8) is 0 Å². The van der Waals surface area contributed by atoms with Gasteiger partial charge in [-0.05, 0) is 11.8 Å². The predicted octanol–water partition coefficient (Wildman–Crippen LogP) is 1.09. The minimum Gasteiger partial charge on any atom is -0.469 e. The third kappa shape index (κ3) is 6.60.